The summed E-state index contributed by atoms with van der Waals surface area (Å²) in [5, 5.41) is 12.9. The van der Waals surface area contributed by atoms with Crippen LogP contribution in [0.15, 0.2) is 59.6 Å². The number of rotatable bonds is 7. The van der Waals surface area contributed by atoms with Gasteiger partial charge >= 0.3 is 5.97 Å². The highest BCUT2D eigenvalue weighted by Crippen LogP contribution is 2.27. The van der Waals surface area contributed by atoms with Crippen molar-refractivity contribution in [3.05, 3.63) is 71.8 Å². The Balaban J connectivity index is 1.81. The molecule has 2 N–H and O–H groups in total. The molecule has 3 aromatic rings. The molecule has 0 spiro atoms. The van der Waals surface area contributed by atoms with Crippen LogP contribution in [0.3, 0.4) is 0 Å². The molecule has 0 aliphatic rings. The first-order valence-corrected chi connectivity index (χ1v) is 9.97. The average Bonchev–Trinajstić information content (AvgIpc) is 3.06. The number of hydrogen-bond acceptors (Lipinski definition) is 5. The predicted molar refractivity (Wildman–Crippen MR) is 102 cm³/mol. The van der Waals surface area contributed by atoms with E-state index in [9.17, 15) is 22.7 Å². The first-order chi connectivity index (χ1) is 13.7. The highest BCUT2D eigenvalue weighted by molar-refractivity contribution is 7.89. The number of carboxylic acid groups (broad SMARTS) is 1. The van der Waals surface area contributed by atoms with E-state index in [-0.39, 0.29) is 5.75 Å². The van der Waals surface area contributed by atoms with Crippen LogP contribution < -0.4 is 9.46 Å². The molecule has 1 aromatic heterocycles. The number of aromatic nitrogens is 2. The number of aryl methyl sites for hydroxylation is 1. The number of benzene rings is 2. The van der Waals surface area contributed by atoms with Crippen molar-refractivity contribution < 1.29 is 27.4 Å². The highest BCUT2D eigenvalue weighted by atomic mass is 32.2. The molecule has 0 aliphatic carbocycles. The fourth-order valence-corrected chi connectivity index (χ4v) is 4.10. The third-order valence-electron chi connectivity index (χ3n) is 4.16. The van der Waals surface area contributed by atoms with E-state index in [0.29, 0.717) is 11.3 Å². The smallest absolute Gasteiger partial charge is 0.355 e. The van der Waals surface area contributed by atoms with Gasteiger partial charge in [0.25, 0.3) is 0 Å². The number of carboxylic acids is 1. The lowest BCUT2D eigenvalue weighted by atomic mass is 10.1. The summed E-state index contributed by atoms with van der Waals surface area (Å²) in [5.41, 5.74) is -0.130. The van der Waals surface area contributed by atoms with Crippen molar-refractivity contribution in [3.63, 3.8) is 0 Å². The van der Waals surface area contributed by atoms with Gasteiger partial charge < -0.3 is 9.84 Å². The molecule has 1 atom stereocenters. The van der Waals surface area contributed by atoms with Crippen LogP contribution in [-0.2, 0) is 17.1 Å². The van der Waals surface area contributed by atoms with Gasteiger partial charge in [-0.2, -0.15) is 5.10 Å². The van der Waals surface area contributed by atoms with Gasteiger partial charge in [-0.25, -0.2) is 22.3 Å². The van der Waals surface area contributed by atoms with Gasteiger partial charge in [-0.3, -0.25) is 4.68 Å². The Morgan fingerprint density at radius 1 is 1.24 bits per heavy atom. The molecule has 0 amide bonds. The molecule has 1 heterocycles. The van der Waals surface area contributed by atoms with Crippen LogP contribution in [0.2, 0.25) is 0 Å². The van der Waals surface area contributed by atoms with Gasteiger partial charge in [0.15, 0.2) is 17.3 Å². The van der Waals surface area contributed by atoms with Crippen molar-refractivity contribution in [2.75, 3.05) is 0 Å². The van der Waals surface area contributed by atoms with Crippen LogP contribution in [0.1, 0.15) is 29.0 Å². The second-order valence-corrected chi connectivity index (χ2v) is 7.92. The second kappa shape index (κ2) is 8.02. The molecular weight excluding hydrogens is 401 g/mol. The summed E-state index contributed by atoms with van der Waals surface area (Å²) in [6.45, 7) is 1.51. The Morgan fingerprint density at radius 2 is 1.93 bits per heavy atom. The van der Waals surface area contributed by atoms with E-state index in [4.69, 9.17) is 4.74 Å². The quantitative estimate of drug-likeness (QED) is 0.609. The second-order valence-electron chi connectivity index (χ2n) is 6.23. The summed E-state index contributed by atoms with van der Waals surface area (Å²) in [4.78, 5) is 10.9. The summed E-state index contributed by atoms with van der Waals surface area (Å²) in [6, 6.07) is 11.9. The summed E-state index contributed by atoms with van der Waals surface area (Å²) in [7, 11) is -2.88. The molecule has 1 unspecified atom stereocenters. The van der Waals surface area contributed by atoms with Gasteiger partial charge in [0.2, 0.25) is 10.0 Å². The normalized spacial score (nSPS) is 12.5. The van der Waals surface area contributed by atoms with Gasteiger partial charge in [0, 0.05) is 13.1 Å². The SMILES string of the molecule is CC(NS(=O)(=O)c1cnn(C)c1C(=O)O)c1ccc(Oc2ccccc2)c(F)c1. The molecule has 2 aromatic carbocycles. The van der Waals surface area contributed by atoms with Gasteiger partial charge in [-0.05, 0) is 36.8 Å². The van der Waals surface area contributed by atoms with Crippen molar-refractivity contribution in [2.24, 2.45) is 7.05 Å². The van der Waals surface area contributed by atoms with E-state index >= 15 is 0 Å². The first-order valence-electron chi connectivity index (χ1n) is 8.49. The standard InChI is InChI=1S/C19H18FN3O5S/c1-12(22-29(26,27)17-11-21-23(2)18(17)19(24)25)13-8-9-16(15(20)10-13)28-14-6-4-3-5-7-14/h3-12,22H,1-2H3,(H,24,25). The molecule has 0 saturated heterocycles. The Labute approximate surface area is 166 Å². The first kappa shape index (κ1) is 20.5. The highest BCUT2D eigenvalue weighted by Gasteiger charge is 2.28. The zero-order valence-electron chi connectivity index (χ0n) is 15.5. The molecule has 8 nitrogen and oxygen atoms in total. The van der Waals surface area contributed by atoms with E-state index in [1.54, 1.807) is 30.3 Å². The Morgan fingerprint density at radius 3 is 2.55 bits per heavy atom. The Bertz CT molecular complexity index is 1150. The molecule has 10 heteroatoms. The van der Waals surface area contributed by atoms with Crippen molar-refractivity contribution in [2.45, 2.75) is 17.9 Å². The largest absolute Gasteiger partial charge is 0.476 e. The minimum absolute atomic E-state index is 0.00423. The third kappa shape index (κ3) is 4.44. The zero-order valence-corrected chi connectivity index (χ0v) is 16.4. The van der Waals surface area contributed by atoms with E-state index in [1.807, 2.05) is 0 Å². The number of nitrogens with zero attached hydrogens (tertiary/aromatic N) is 2. The fraction of sp³-hybridized carbons (Fsp3) is 0.158. The van der Waals surface area contributed by atoms with E-state index in [1.165, 1.54) is 26.1 Å². The van der Waals surface area contributed by atoms with E-state index in [2.05, 4.69) is 9.82 Å². The number of sulfonamides is 1. The topological polar surface area (TPSA) is 111 Å². The molecule has 0 radical (unpaired) electrons. The van der Waals surface area contributed by atoms with Crippen LogP contribution >= 0.6 is 0 Å². The predicted octanol–water partition coefficient (Wildman–Crippen LogP) is 3.09. The number of carbonyl (C=O) groups is 1. The summed E-state index contributed by atoms with van der Waals surface area (Å²) in [6.07, 6.45) is 0.954. The summed E-state index contributed by atoms with van der Waals surface area (Å²) < 4.78 is 48.4. The lowest BCUT2D eigenvalue weighted by molar-refractivity contribution is 0.0680. The lowest BCUT2D eigenvalue weighted by Gasteiger charge is -2.15. The van der Waals surface area contributed by atoms with Crippen molar-refractivity contribution in [1.29, 1.82) is 0 Å². The number of nitrogens with one attached hydrogen (secondary N) is 1. The molecule has 29 heavy (non-hydrogen) atoms. The maximum absolute atomic E-state index is 14.4. The number of halogens is 1. The van der Waals surface area contributed by atoms with Gasteiger partial charge in [0.1, 0.15) is 10.6 Å². The average molecular weight is 419 g/mol. The molecular formula is C19H18FN3O5S. The zero-order chi connectivity index (χ0) is 21.2. The molecule has 152 valence electrons. The molecule has 0 bridgehead atoms. The maximum Gasteiger partial charge on any atom is 0.355 e. The summed E-state index contributed by atoms with van der Waals surface area (Å²) >= 11 is 0. The van der Waals surface area contributed by atoms with Crippen LogP contribution in [0.25, 0.3) is 0 Å². The minimum Gasteiger partial charge on any atom is -0.476 e. The van der Waals surface area contributed by atoms with E-state index < -0.39 is 38.4 Å². The van der Waals surface area contributed by atoms with Gasteiger partial charge in [0.05, 0.1) is 6.20 Å². The number of hydrogen-bond donors (Lipinski definition) is 2. The fourth-order valence-electron chi connectivity index (χ4n) is 2.71. The van der Waals surface area contributed by atoms with E-state index in [0.717, 1.165) is 16.9 Å². The van der Waals surface area contributed by atoms with Gasteiger partial charge in [-0.1, -0.05) is 24.3 Å². The van der Waals surface area contributed by atoms with Crippen LogP contribution in [-0.4, -0.2) is 29.3 Å². The van der Waals surface area contributed by atoms with Gasteiger partial charge in [-0.15, -0.1) is 0 Å². The van der Waals surface area contributed by atoms with Crippen LogP contribution in [0, 0.1) is 5.82 Å². The monoisotopic (exact) mass is 419 g/mol. The van der Waals surface area contributed by atoms with Crippen LogP contribution in [0.4, 0.5) is 4.39 Å². The van der Waals surface area contributed by atoms with Crippen molar-refractivity contribution in [3.8, 4) is 11.5 Å². The summed E-state index contributed by atoms with van der Waals surface area (Å²) in [5.74, 6) is -1.63. The molecule has 0 fully saturated rings. The Hall–Kier alpha value is -3.24. The number of aromatic carboxylic acids is 1. The Kier molecular flexibility index (Phi) is 5.66. The number of ether oxygens (including phenoxy) is 1. The minimum atomic E-state index is -4.20. The molecule has 0 aliphatic heterocycles. The molecule has 0 saturated carbocycles. The van der Waals surface area contributed by atoms with Crippen LogP contribution in [0.5, 0.6) is 11.5 Å². The number of para-hydroxylation sites is 1. The third-order valence-corrected chi connectivity index (χ3v) is 5.70. The lowest BCUT2D eigenvalue weighted by Crippen LogP contribution is -2.28. The molecule has 3 rings (SSSR count). The van der Waals surface area contributed by atoms with Crippen molar-refractivity contribution in [1.82, 2.24) is 14.5 Å². The maximum atomic E-state index is 14.4. The van der Waals surface area contributed by atoms with Crippen molar-refractivity contribution >= 4 is 16.0 Å².